The van der Waals surface area contributed by atoms with Gasteiger partial charge in [-0.1, -0.05) is 54.6 Å². The molecular weight excluding hydrogens is 308 g/mol. The maximum atomic E-state index is 4.49. The number of nitrogens with one attached hydrogen (secondary N) is 2. The molecule has 0 fully saturated rings. The van der Waals surface area contributed by atoms with Crippen LogP contribution in [0.2, 0.25) is 0 Å². The predicted octanol–water partition coefficient (Wildman–Crippen LogP) is 3.53. The van der Waals surface area contributed by atoms with Crippen molar-refractivity contribution < 1.29 is 0 Å². The summed E-state index contributed by atoms with van der Waals surface area (Å²) in [6.07, 6.45) is 3.97. The highest BCUT2D eigenvalue weighted by atomic mass is 15.2. The molecule has 0 aliphatic carbocycles. The normalized spacial score (nSPS) is 11.5. The molecule has 0 saturated heterocycles. The number of fused-ring (bicyclic) bond motifs is 1. The van der Waals surface area contributed by atoms with Crippen molar-refractivity contribution in [3.63, 3.8) is 0 Å². The van der Waals surface area contributed by atoms with E-state index in [4.69, 9.17) is 0 Å². The van der Waals surface area contributed by atoms with Gasteiger partial charge in [-0.15, -0.1) is 0 Å². The number of rotatable bonds is 6. The number of aliphatic imine (C=N–C) groups is 1. The van der Waals surface area contributed by atoms with E-state index in [2.05, 4.69) is 75.2 Å². The molecule has 2 aromatic carbocycles. The number of aromatic nitrogens is 1. The summed E-state index contributed by atoms with van der Waals surface area (Å²) in [4.78, 5) is 8.80. The zero-order valence-corrected chi connectivity index (χ0v) is 14.6. The van der Waals surface area contributed by atoms with Crippen LogP contribution in [0.4, 0.5) is 0 Å². The van der Waals surface area contributed by atoms with E-state index in [9.17, 15) is 0 Å². The molecule has 0 spiro atoms. The quantitative estimate of drug-likeness (QED) is 0.412. The fourth-order valence-electron chi connectivity index (χ4n) is 2.85. The van der Waals surface area contributed by atoms with Gasteiger partial charge >= 0.3 is 0 Å². The lowest BCUT2D eigenvalue weighted by Gasteiger charge is -2.13. The molecule has 25 heavy (non-hydrogen) atoms. The average molecular weight is 332 g/mol. The molecule has 4 nitrogen and oxygen atoms in total. The molecule has 1 heterocycles. The second-order valence-electron chi connectivity index (χ2n) is 5.93. The van der Waals surface area contributed by atoms with Crippen LogP contribution in [0.5, 0.6) is 0 Å². The summed E-state index contributed by atoms with van der Waals surface area (Å²) in [5, 5.41) is 7.91. The lowest BCUT2D eigenvalue weighted by molar-refractivity contribution is 0.742. The van der Waals surface area contributed by atoms with Gasteiger partial charge in [-0.25, -0.2) is 0 Å². The van der Waals surface area contributed by atoms with Crippen LogP contribution in [0.3, 0.4) is 0 Å². The number of para-hydroxylation sites is 1. The van der Waals surface area contributed by atoms with E-state index in [1.165, 1.54) is 11.1 Å². The second kappa shape index (κ2) is 8.83. The maximum absolute atomic E-state index is 4.49. The minimum atomic E-state index is 0.701. The Balaban J connectivity index is 1.49. The van der Waals surface area contributed by atoms with Crippen molar-refractivity contribution >= 4 is 16.9 Å². The summed E-state index contributed by atoms with van der Waals surface area (Å²) < 4.78 is 0. The molecule has 2 N–H and O–H groups in total. The van der Waals surface area contributed by atoms with Crippen molar-refractivity contribution in [1.29, 1.82) is 0 Å². The molecule has 0 radical (unpaired) electrons. The molecule has 0 aliphatic rings. The zero-order chi connectivity index (χ0) is 17.3. The van der Waals surface area contributed by atoms with Crippen LogP contribution in [-0.4, -0.2) is 24.5 Å². The number of benzene rings is 2. The molecule has 0 atom stereocenters. The van der Waals surface area contributed by atoms with Crippen molar-refractivity contribution in [1.82, 2.24) is 15.6 Å². The smallest absolute Gasteiger partial charge is 0.191 e. The summed E-state index contributed by atoms with van der Waals surface area (Å²) in [5.41, 5.74) is 3.58. The molecule has 128 valence electrons. The molecule has 4 heteroatoms. The summed E-state index contributed by atoms with van der Waals surface area (Å²) in [6.45, 7) is 1.59. The van der Waals surface area contributed by atoms with Gasteiger partial charge in [0, 0.05) is 31.7 Å². The summed E-state index contributed by atoms with van der Waals surface area (Å²) >= 11 is 0. The first-order valence-electron chi connectivity index (χ1n) is 8.68. The van der Waals surface area contributed by atoms with E-state index in [-0.39, 0.29) is 0 Å². The Hall–Kier alpha value is -2.88. The molecule has 0 unspecified atom stereocenters. The van der Waals surface area contributed by atoms with Crippen LogP contribution in [0, 0.1) is 0 Å². The second-order valence-corrected chi connectivity index (χ2v) is 5.93. The van der Waals surface area contributed by atoms with Gasteiger partial charge in [0.2, 0.25) is 0 Å². The van der Waals surface area contributed by atoms with Crippen molar-refractivity contribution in [3.8, 4) is 0 Å². The predicted molar refractivity (Wildman–Crippen MR) is 105 cm³/mol. The molecule has 0 saturated carbocycles. The number of nitrogens with zero attached hydrogens (tertiary/aromatic N) is 2. The van der Waals surface area contributed by atoms with E-state index >= 15 is 0 Å². The third-order valence-corrected chi connectivity index (χ3v) is 4.16. The van der Waals surface area contributed by atoms with Crippen LogP contribution in [0.25, 0.3) is 10.9 Å². The standard InChI is InChI=1S/C21H24N4/c1-22-21(24-15-6-10-17-8-3-2-4-9-17)25-16-19-12-5-11-18-13-7-14-23-20(18)19/h2-5,7-9,11-14H,6,10,15-16H2,1H3,(H2,22,24,25). The van der Waals surface area contributed by atoms with Crippen molar-refractivity contribution in [2.24, 2.45) is 4.99 Å². The Morgan fingerprint density at radius 1 is 0.960 bits per heavy atom. The highest BCUT2D eigenvalue weighted by Crippen LogP contribution is 2.15. The summed E-state index contributed by atoms with van der Waals surface area (Å²) in [5.74, 6) is 0.820. The number of aryl methyl sites for hydroxylation is 1. The first-order valence-corrected chi connectivity index (χ1v) is 8.68. The van der Waals surface area contributed by atoms with Gasteiger partial charge in [-0.05, 0) is 30.0 Å². The Morgan fingerprint density at radius 2 is 1.80 bits per heavy atom. The third-order valence-electron chi connectivity index (χ3n) is 4.16. The van der Waals surface area contributed by atoms with Gasteiger partial charge in [0.15, 0.2) is 5.96 Å². The Labute approximate surface area is 149 Å². The fraction of sp³-hybridized carbons (Fsp3) is 0.238. The van der Waals surface area contributed by atoms with Crippen LogP contribution < -0.4 is 10.6 Å². The third kappa shape index (κ3) is 4.80. The Morgan fingerprint density at radius 3 is 2.64 bits per heavy atom. The number of hydrogen-bond donors (Lipinski definition) is 2. The van der Waals surface area contributed by atoms with Gasteiger partial charge in [0.05, 0.1) is 5.52 Å². The largest absolute Gasteiger partial charge is 0.356 e. The minimum Gasteiger partial charge on any atom is -0.356 e. The first kappa shape index (κ1) is 17.0. The van der Waals surface area contributed by atoms with Crippen molar-refractivity contribution in [2.75, 3.05) is 13.6 Å². The van der Waals surface area contributed by atoms with Gasteiger partial charge in [0.1, 0.15) is 0 Å². The molecule has 0 amide bonds. The lowest BCUT2D eigenvalue weighted by atomic mass is 10.1. The number of hydrogen-bond acceptors (Lipinski definition) is 2. The number of guanidine groups is 1. The Kier molecular flexibility index (Phi) is 5.99. The zero-order valence-electron chi connectivity index (χ0n) is 14.6. The average Bonchev–Trinajstić information content (AvgIpc) is 2.68. The monoisotopic (exact) mass is 332 g/mol. The van der Waals surface area contributed by atoms with Gasteiger partial charge in [-0.2, -0.15) is 0 Å². The van der Waals surface area contributed by atoms with E-state index in [0.29, 0.717) is 6.54 Å². The first-order chi connectivity index (χ1) is 12.4. The van der Waals surface area contributed by atoms with Crippen LogP contribution in [0.15, 0.2) is 71.9 Å². The van der Waals surface area contributed by atoms with Crippen molar-refractivity contribution in [3.05, 3.63) is 78.0 Å². The fourth-order valence-corrected chi connectivity index (χ4v) is 2.85. The molecule has 1 aromatic heterocycles. The minimum absolute atomic E-state index is 0.701. The van der Waals surface area contributed by atoms with E-state index in [1.807, 2.05) is 12.3 Å². The maximum Gasteiger partial charge on any atom is 0.191 e. The lowest BCUT2D eigenvalue weighted by Crippen LogP contribution is -2.37. The Bertz CT molecular complexity index is 822. The highest BCUT2D eigenvalue weighted by Gasteiger charge is 2.03. The number of pyridine rings is 1. The molecular formula is C21H24N4. The molecule has 0 aliphatic heterocycles. The van der Waals surface area contributed by atoms with E-state index in [0.717, 1.165) is 36.2 Å². The van der Waals surface area contributed by atoms with Crippen LogP contribution in [-0.2, 0) is 13.0 Å². The van der Waals surface area contributed by atoms with Gasteiger partial charge in [0.25, 0.3) is 0 Å². The molecule has 0 bridgehead atoms. The van der Waals surface area contributed by atoms with Crippen LogP contribution >= 0.6 is 0 Å². The SMILES string of the molecule is CN=C(NCCCc1ccccc1)NCc1cccc2cccnc12. The summed E-state index contributed by atoms with van der Waals surface area (Å²) in [7, 11) is 1.80. The van der Waals surface area contributed by atoms with E-state index in [1.54, 1.807) is 7.05 Å². The van der Waals surface area contributed by atoms with E-state index < -0.39 is 0 Å². The van der Waals surface area contributed by atoms with Gasteiger partial charge < -0.3 is 10.6 Å². The summed E-state index contributed by atoms with van der Waals surface area (Å²) in [6, 6.07) is 20.9. The van der Waals surface area contributed by atoms with Crippen molar-refractivity contribution in [2.45, 2.75) is 19.4 Å². The molecule has 3 rings (SSSR count). The van der Waals surface area contributed by atoms with Crippen LogP contribution in [0.1, 0.15) is 17.5 Å². The molecule has 3 aromatic rings. The highest BCUT2D eigenvalue weighted by molar-refractivity contribution is 5.83. The van der Waals surface area contributed by atoms with Gasteiger partial charge in [-0.3, -0.25) is 9.98 Å². The topological polar surface area (TPSA) is 49.3 Å².